The average molecular weight is 264 g/mol. The quantitative estimate of drug-likeness (QED) is 0.911. The molecule has 1 amide bonds. The van der Waals surface area contributed by atoms with Crippen molar-refractivity contribution in [3.63, 3.8) is 0 Å². The smallest absolute Gasteiger partial charge is 0.255 e. The summed E-state index contributed by atoms with van der Waals surface area (Å²) in [6.07, 6.45) is 3.73. The van der Waals surface area contributed by atoms with Gasteiger partial charge < -0.3 is 9.73 Å². The van der Waals surface area contributed by atoms with Crippen molar-refractivity contribution in [3.05, 3.63) is 59.0 Å². The third-order valence-corrected chi connectivity index (χ3v) is 3.02. The molecule has 3 nitrogen and oxygen atoms in total. The molecule has 0 fully saturated rings. The van der Waals surface area contributed by atoms with Crippen molar-refractivity contribution in [2.75, 3.05) is 0 Å². The number of furan rings is 1. The van der Waals surface area contributed by atoms with E-state index in [0.717, 1.165) is 12.0 Å². The molecule has 2 rings (SSSR count). The number of hydrogen-bond acceptors (Lipinski definition) is 2. The summed E-state index contributed by atoms with van der Waals surface area (Å²) in [7, 11) is 0. The van der Waals surface area contributed by atoms with Gasteiger partial charge in [0.25, 0.3) is 5.91 Å². The van der Waals surface area contributed by atoms with Gasteiger partial charge in [-0.05, 0) is 30.2 Å². The normalized spacial score (nSPS) is 12.1. The van der Waals surface area contributed by atoms with Crippen molar-refractivity contribution in [3.8, 4) is 0 Å². The molecule has 0 aliphatic carbocycles. The Morgan fingerprint density at radius 3 is 2.61 bits per heavy atom. The summed E-state index contributed by atoms with van der Waals surface area (Å²) >= 11 is 5.85. The Kier molecular flexibility index (Phi) is 4.05. The molecular weight excluding hydrogens is 250 g/mol. The zero-order valence-electron chi connectivity index (χ0n) is 10.0. The summed E-state index contributed by atoms with van der Waals surface area (Å²) in [5.41, 5.74) is 1.57. The van der Waals surface area contributed by atoms with Gasteiger partial charge in [-0.1, -0.05) is 30.7 Å². The van der Waals surface area contributed by atoms with Crippen molar-refractivity contribution in [2.24, 2.45) is 0 Å². The number of carbonyl (C=O) groups is 1. The maximum atomic E-state index is 11.9. The van der Waals surface area contributed by atoms with Crippen LogP contribution in [0, 0.1) is 0 Å². The first kappa shape index (κ1) is 12.7. The van der Waals surface area contributed by atoms with Gasteiger partial charge in [0.1, 0.15) is 6.26 Å². The first-order chi connectivity index (χ1) is 8.70. The molecule has 1 heterocycles. The minimum Gasteiger partial charge on any atom is -0.472 e. The van der Waals surface area contributed by atoms with Gasteiger partial charge in [0.2, 0.25) is 0 Å². The minimum absolute atomic E-state index is 0.0235. The molecule has 2 aromatic rings. The van der Waals surface area contributed by atoms with Gasteiger partial charge in [-0.2, -0.15) is 0 Å². The molecule has 0 aliphatic rings. The Balaban J connectivity index is 2.10. The number of amides is 1. The van der Waals surface area contributed by atoms with E-state index in [1.54, 1.807) is 6.07 Å². The first-order valence-electron chi connectivity index (χ1n) is 5.79. The van der Waals surface area contributed by atoms with Crippen LogP contribution in [0.3, 0.4) is 0 Å². The molecule has 1 N–H and O–H groups in total. The van der Waals surface area contributed by atoms with Crippen molar-refractivity contribution < 1.29 is 9.21 Å². The highest BCUT2D eigenvalue weighted by Gasteiger charge is 2.14. The topological polar surface area (TPSA) is 42.2 Å². The van der Waals surface area contributed by atoms with Crippen LogP contribution in [0.25, 0.3) is 0 Å². The van der Waals surface area contributed by atoms with E-state index in [2.05, 4.69) is 5.32 Å². The number of hydrogen-bond donors (Lipinski definition) is 1. The molecular formula is C14H14ClNO2. The van der Waals surface area contributed by atoms with Gasteiger partial charge in [0.05, 0.1) is 17.9 Å². The number of nitrogens with one attached hydrogen (secondary N) is 1. The van der Waals surface area contributed by atoms with Crippen LogP contribution in [0.2, 0.25) is 5.02 Å². The monoisotopic (exact) mass is 263 g/mol. The Hall–Kier alpha value is -1.74. The van der Waals surface area contributed by atoms with Crippen molar-refractivity contribution in [1.82, 2.24) is 5.32 Å². The highest BCUT2D eigenvalue weighted by Crippen LogP contribution is 2.19. The third-order valence-electron chi connectivity index (χ3n) is 2.77. The Bertz CT molecular complexity index is 505. The molecule has 0 saturated heterocycles. The lowest BCUT2D eigenvalue weighted by Gasteiger charge is -2.17. The standard InChI is InChI=1S/C14H14ClNO2/c1-2-13(10-3-5-12(15)6-4-10)16-14(17)11-7-8-18-9-11/h3-9,13H,2H2,1H3,(H,16,17)/t13-/m0/s1. The van der Waals surface area contributed by atoms with Gasteiger partial charge in [0, 0.05) is 5.02 Å². The molecule has 1 aromatic carbocycles. The van der Waals surface area contributed by atoms with Crippen LogP contribution in [0.15, 0.2) is 47.3 Å². The number of rotatable bonds is 4. The van der Waals surface area contributed by atoms with Crippen LogP contribution >= 0.6 is 11.6 Å². The predicted molar refractivity (Wildman–Crippen MR) is 70.7 cm³/mol. The van der Waals surface area contributed by atoms with E-state index >= 15 is 0 Å². The molecule has 0 aliphatic heterocycles. The zero-order valence-corrected chi connectivity index (χ0v) is 10.8. The Morgan fingerprint density at radius 2 is 2.06 bits per heavy atom. The lowest BCUT2D eigenvalue weighted by atomic mass is 10.0. The summed E-state index contributed by atoms with van der Waals surface area (Å²) in [6, 6.07) is 9.11. The average Bonchev–Trinajstić information content (AvgIpc) is 2.91. The van der Waals surface area contributed by atoms with Gasteiger partial charge in [-0.15, -0.1) is 0 Å². The molecule has 0 unspecified atom stereocenters. The summed E-state index contributed by atoms with van der Waals surface area (Å²) < 4.78 is 4.89. The van der Waals surface area contributed by atoms with E-state index in [1.807, 2.05) is 31.2 Å². The maximum Gasteiger partial charge on any atom is 0.255 e. The summed E-state index contributed by atoms with van der Waals surface area (Å²) in [5, 5.41) is 3.65. The van der Waals surface area contributed by atoms with Gasteiger partial charge in [0.15, 0.2) is 0 Å². The summed E-state index contributed by atoms with van der Waals surface area (Å²) in [4.78, 5) is 11.9. The SMILES string of the molecule is CC[C@H](NC(=O)c1ccoc1)c1ccc(Cl)cc1. The van der Waals surface area contributed by atoms with Gasteiger partial charge in [-0.3, -0.25) is 4.79 Å². The summed E-state index contributed by atoms with van der Waals surface area (Å²) in [6.45, 7) is 2.02. The fraction of sp³-hybridized carbons (Fsp3) is 0.214. The Morgan fingerprint density at radius 1 is 1.33 bits per heavy atom. The molecule has 0 radical (unpaired) electrons. The molecule has 1 aromatic heterocycles. The fourth-order valence-corrected chi connectivity index (χ4v) is 1.88. The van der Waals surface area contributed by atoms with Crippen LogP contribution in [0.1, 0.15) is 35.3 Å². The van der Waals surface area contributed by atoms with Crippen molar-refractivity contribution in [1.29, 1.82) is 0 Å². The van der Waals surface area contributed by atoms with E-state index in [-0.39, 0.29) is 11.9 Å². The fourth-order valence-electron chi connectivity index (χ4n) is 1.75. The van der Waals surface area contributed by atoms with Crippen molar-refractivity contribution in [2.45, 2.75) is 19.4 Å². The van der Waals surface area contributed by atoms with Crippen molar-refractivity contribution >= 4 is 17.5 Å². The summed E-state index contributed by atoms with van der Waals surface area (Å²) in [5.74, 6) is -0.134. The number of carbonyl (C=O) groups excluding carboxylic acids is 1. The molecule has 0 spiro atoms. The van der Waals surface area contributed by atoms with Crippen LogP contribution < -0.4 is 5.32 Å². The number of halogens is 1. The second kappa shape index (κ2) is 5.74. The minimum atomic E-state index is -0.134. The highest BCUT2D eigenvalue weighted by molar-refractivity contribution is 6.30. The van der Waals surface area contributed by atoms with Crippen LogP contribution in [-0.4, -0.2) is 5.91 Å². The van der Waals surface area contributed by atoms with Gasteiger partial charge in [-0.25, -0.2) is 0 Å². The highest BCUT2D eigenvalue weighted by atomic mass is 35.5. The third kappa shape index (κ3) is 2.93. The second-order valence-electron chi connectivity index (χ2n) is 4.00. The second-order valence-corrected chi connectivity index (χ2v) is 4.43. The molecule has 94 valence electrons. The Labute approximate surface area is 111 Å². The lowest BCUT2D eigenvalue weighted by Crippen LogP contribution is -2.27. The van der Waals surface area contributed by atoms with Crippen LogP contribution in [0.4, 0.5) is 0 Å². The number of benzene rings is 1. The molecule has 1 atom stereocenters. The molecule has 4 heteroatoms. The van der Waals surface area contributed by atoms with E-state index in [0.29, 0.717) is 10.6 Å². The zero-order chi connectivity index (χ0) is 13.0. The predicted octanol–water partition coefficient (Wildman–Crippen LogP) is 3.81. The van der Waals surface area contributed by atoms with E-state index in [4.69, 9.17) is 16.0 Å². The first-order valence-corrected chi connectivity index (χ1v) is 6.17. The molecule has 0 saturated carbocycles. The maximum absolute atomic E-state index is 11.9. The van der Waals surface area contributed by atoms with E-state index in [1.165, 1.54) is 12.5 Å². The van der Waals surface area contributed by atoms with Crippen LogP contribution in [0.5, 0.6) is 0 Å². The van der Waals surface area contributed by atoms with E-state index in [9.17, 15) is 4.79 Å². The van der Waals surface area contributed by atoms with Crippen LogP contribution in [-0.2, 0) is 0 Å². The largest absolute Gasteiger partial charge is 0.472 e. The van der Waals surface area contributed by atoms with E-state index < -0.39 is 0 Å². The molecule has 0 bridgehead atoms. The lowest BCUT2D eigenvalue weighted by molar-refractivity contribution is 0.0935. The van der Waals surface area contributed by atoms with Gasteiger partial charge >= 0.3 is 0 Å². The molecule has 18 heavy (non-hydrogen) atoms.